The van der Waals surface area contributed by atoms with Crippen molar-refractivity contribution < 1.29 is 13.2 Å². The predicted octanol–water partition coefficient (Wildman–Crippen LogP) is 3.90. The van der Waals surface area contributed by atoms with Crippen LogP contribution in [0.4, 0.5) is 24.9 Å². The van der Waals surface area contributed by atoms with Crippen LogP contribution >= 0.6 is 0 Å². The first kappa shape index (κ1) is 16.9. The molecule has 0 saturated heterocycles. The second-order valence-corrected chi connectivity index (χ2v) is 5.44. The van der Waals surface area contributed by atoms with Crippen LogP contribution in [0.5, 0.6) is 0 Å². The Labute approximate surface area is 142 Å². The molecule has 0 unspecified atom stereocenters. The van der Waals surface area contributed by atoms with Crippen molar-refractivity contribution in [3.05, 3.63) is 41.5 Å². The van der Waals surface area contributed by atoms with Crippen LogP contribution in [-0.4, -0.2) is 22.0 Å². The predicted molar refractivity (Wildman–Crippen MR) is 91.1 cm³/mol. The van der Waals surface area contributed by atoms with Crippen LogP contribution in [0.2, 0.25) is 0 Å². The van der Waals surface area contributed by atoms with Crippen molar-refractivity contribution in [2.75, 3.05) is 18.1 Å². The SMILES string of the molecule is CCc1cc2c(NC)nc(N)nc2nc1-c1ccccc1C(F)(F)F. The smallest absolute Gasteiger partial charge is 0.372 e. The molecule has 0 atom stereocenters. The van der Waals surface area contributed by atoms with Gasteiger partial charge >= 0.3 is 6.18 Å². The number of aromatic nitrogens is 3. The molecular weight excluding hydrogens is 331 g/mol. The summed E-state index contributed by atoms with van der Waals surface area (Å²) in [5, 5.41) is 3.52. The number of nitrogens with one attached hydrogen (secondary N) is 1. The first-order chi connectivity index (χ1) is 11.8. The molecule has 3 rings (SSSR count). The summed E-state index contributed by atoms with van der Waals surface area (Å²) in [5.74, 6) is 0.490. The van der Waals surface area contributed by atoms with Crippen LogP contribution in [0.1, 0.15) is 18.1 Å². The summed E-state index contributed by atoms with van der Waals surface area (Å²) in [5.41, 5.74) is 6.15. The highest BCUT2D eigenvalue weighted by atomic mass is 19.4. The van der Waals surface area contributed by atoms with Gasteiger partial charge in [0.15, 0.2) is 5.65 Å². The third kappa shape index (κ3) is 3.07. The van der Waals surface area contributed by atoms with E-state index in [1.807, 2.05) is 6.92 Å². The Kier molecular flexibility index (Phi) is 4.20. The summed E-state index contributed by atoms with van der Waals surface area (Å²) in [7, 11) is 1.68. The molecular formula is C17H16F3N5. The van der Waals surface area contributed by atoms with Gasteiger partial charge in [0.1, 0.15) is 5.82 Å². The standard InChI is InChI=1S/C17H16F3N5/c1-3-9-8-11-14(22-2)24-16(21)25-15(11)23-13(9)10-6-4-5-7-12(10)17(18,19)20/h4-8H,3H2,1-2H3,(H3,21,22,23,24,25). The van der Waals surface area contributed by atoms with Crippen molar-refractivity contribution >= 4 is 22.8 Å². The monoisotopic (exact) mass is 347 g/mol. The Morgan fingerprint density at radius 1 is 1.12 bits per heavy atom. The lowest BCUT2D eigenvalue weighted by atomic mass is 9.98. The quantitative estimate of drug-likeness (QED) is 0.751. The van der Waals surface area contributed by atoms with Crippen molar-refractivity contribution in [1.82, 2.24) is 15.0 Å². The zero-order valence-electron chi connectivity index (χ0n) is 13.6. The second kappa shape index (κ2) is 6.19. The third-order valence-corrected chi connectivity index (χ3v) is 3.89. The van der Waals surface area contributed by atoms with E-state index in [9.17, 15) is 13.2 Å². The molecule has 1 aromatic carbocycles. The Hall–Kier alpha value is -2.90. The van der Waals surface area contributed by atoms with Gasteiger partial charge in [-0.2, -0.15) is 23.1 Å². The van der Waals surface area contributed by atoms with Gasteiger partial charge in [0, 0.05) is 12.6 Å². The molecule has 0 aliphatic rings. The van der Waals surface area contributed by atoms with E-state index in [1.165, 1.54) is 12.1 Å². The van der Waals surface area contributed by atoms with Crippen LogP contribution in [-0.2, 0) is 12.6 Å². The molecule has 2 heterocycles. The molecule has 0 aliphatic heterocycles. The number of halogens is 3. The highest BCUT2D eigenvalue weighted by Gasteiger charge is 2.34. The number of pyridine rings is 1. The molecule has 8 heteroatoms. The van der Waals surface area contributed by atoms with Gasteiger partial charge in [0.25, 0.3) is 0 Å². The summed E-state index contributed by atoms with van der Waals surface area (Å²) in [6.45, 7) is 1.86. The molecule has 0 radical (unpaired) electrons. The zero-order valence-corrected chi connectivity index (χ0v) is 13.6. The second-order valence-electron chi connectivity index (χ2n) is 5.44. The van der Waals surface area contributed by atoms with Crippen LogP contribution < -0.4 is 11.1 Å². The number of hydrogen-bond donors (Lipinski definition) is 2. The average molecular weight is 347 g/mol. The van der Waals surface area contributed by atoms with E-state index in [2.05, 4.69) is 20.3 Å². The fraction of sp³-hybridized carbons (Fsp3) is 0.235. The van der Waals surface area contributed by atoms with Crippen molar-refractivity contribution in [3.63, 3.8) is 0 Å². The van der Waals surface area contributed by atoms with Gasteiger partial charge in [-0.25, -0.2) is 4.98 Å². The Morgan fingerprint density at radius 3 is 2.48 bits per heavy atom. The van der Waals surface area contributed by atoms with Crippen LogP contribution in [0.25, 0.3) is 22.3 Å². The number of alkyl halides is 3. The van der Waals surface area contributed by atoms with Crippen molar-refractivity contribution in [2.45, 2.75) is 19.5 Å². The summed E-state index contributed by atoms with van der Waals surface area (Å²) >= 11 is 0. The molecule has 0 amide bonds. The number of nitrogen functional groups attached to an aromatic ring is 1. The molecule has 130 valence electrons. The minimum atomic E-state index is -4.47. The Bertz CT molecular complexity index is 937. The van der Waals surface area contributed by atoms with Gasteiger partial charge in [-0.15, -0.1) is 0 Å². The molecule has 3 aromatic rings. The molecule has 0 fully saturated rings. The topological polar surface area (TPSA) is 76.7 Å². The lowest BCUT2D eigenvalue weighted by Gasteiger charge is -2.16. The Morgan fingerprint density at radius 2 is 1.84 bits per heavy atom. The number of hydrogen-bond acceptors (Lipinski definition) is 5. The molecule has 0 saturated carbocycles. The maximum Gasteiger partial charge on any atom is 0.417 e. The van der Waals surface area contributed by atoms with E-state index in [0.717, 1.165) is 6.07 Å². The van der Waals surface area contributed by atoms with Gasteiger partial charge in [-0.1, -0.05) is 25.1 Å². The molecule has 0 spiro atoms. The maximum absolute atomic E-state index is 13.4. The summed E-state index contributed by atoms with van der Waals surface area (Å²) in [6.07, 6.45) is -3.96. The highest BCUT2D eigenvalue weighted by Crippen LogP contribution is 2.38. The Balaban J connectivity index is 2.34. The number of nitrogens with zero attached hydrogens (tertiary/aromatic N) is 3. The van der Waals surface area contributed by atoms with Gasteiger partial charge in [-0.3, -0.25) is 0 Å². The van der Waals surface area contributed by atoms with Gasteiger partial charge in [0.05, 0.1) is 16.6 Å². The maximum atomic E-state index is 13.4. The molecule has 3 N–H and O–H groups in total. The van der Waals surface area contributed by atoms with Crippen LogP contribution in [0.15, 0.2) is 30.3 Å². The normalized spacial score (nSPS) is 11.7. The first-order valence-corrected chi connectivity index (χ1v) is 7.66. The average Bonchev–Trinajstić information content (AvgIpc) is 2.59. The van der Waals surface area contributed by atoms with E-state index >= 15 is 0 Å². The van der Waals surface area contributed by atoms with E-state index < -0.39 is 11.7 Å². The van der Waals surface area contributed by atoms with E-state index in [-0.39, 0.29) is 22.9 Å². The number of anilines is 2. The van der Waals surface area contributed by atoms with Crippen LogP contribution in [0, 0.1) is 0 Å². The number of benzene rings is 1. The number of aryl methyl sites for hydroxylation is 1. The first-order valence-electron chi connectivity index (χ1n) is 7.66. The minimum absolute atomic E-state index is 0.00338. The number of nitrogens with two attached hydrogens (primary N) is 1. The van der Waals surface area contributed by atoms with Crippen LogP contribution in [0.3, 0.4) is 0 Å². The zero-order chi connectivity index (χ0) is 18.2. The van der Waals surface area contributed by atoms with Gasteiger partial charge in [0.2, 0.25) is 5.95 Å². The van der Waals surface area contributed by atoms with Gasteiger partial charge < -0.3 is 11.1 Å². The number of rotatable bonds is 3. The summed E-state index contributed by atoms with van der Waals surface area (Å²) < 4.78 is 40.1. The molecule has 0 aliphatic carbocycles. The van der Waals surface area contributed by atoms with Crippen molar-refractivity contribution in [2.24, 2.45) is 0 Å². The molecule has 0 bridgehead atoms. The minimum Gasteiger partial charge on any atom is -0.372 e. The third-order valence-electron chi connectivity index (χ3n) is 3.89. The van der Waals surface area contributed by atoms with E-state index in [1.54, 1.807) is 19.2 Å². The van der Waals surface area contributed by atoms with Gasteiger partial charge in [-0.05, 0) is 24.1 Å². The fourth-order valence-electron chi connectivity index (χ4n) is 2.74. The van der Waals surface area contributed by atoms with E-state index in [0.29, 0.717) is 23.2 Å². The van der Waals surface area contributed by atoms with Crippen molar-refractivity contribution in [1.29, 1.82) is 0 Å². The fourth-order valence-corrected chi connectivity index (χ4v) is 2.74. The lowest BCUT2D eigenvalue weighted by Crippen LogP contribution is -2.09. The van der Waals surface area contributed by atoms with Crippen molar-refractivity contribution in [3.8, 4) is 11.3 Å². The van der Waals surface area contributed by atoms with E-state index in [4.69, 9.17) is 5.73 Å². The molecule has 25 heavy (non-hydrogen) atoms. The largest absolute Gasteiger partial charge is 0.417 e. The number of fused-ring (bicyclic) bond motifs is 1. The lowest BCUT2D eigenvalue weighted by molar-refractivity contribution is -0.137. The molecule has 2 aromatic heterocycles. The molecule has 5 nitrogen and oxygen atoms in total. The highest BCUT2D eigenvalue weighted by molar-refractivity contribution is 5.90. The summed E-state index contributed by atoms with van der Waals surface area (Å²) in [4.78, 5) is 12.6. The summed E-state index contributed by atoms with van der Waals surface area (Å²) in [6, 6.07) is 7.14.